The Morgan fingerprint density at radius 1 is 1.00 bits per heavy atom. The van der Waals surface area contributed by atoms with Crippen molar-refractivity contribution in [3.63, 3.8) is 0 Å². The first-order valence-electron chi connectivity index (χ1n) is 13.0. The topological polar surface area (TPSA) is 156 Å². The van der Waals surface area contributed by atoms with Crippen molar-refractivity contribution in [3.8, 4) is 27.3 Å². The number of nitrogens with two attached hydrogens (primary N) is 1. The molecule has 0 radical (unpaired) electrons. The summed E-state index contributed by atoms with van der Waals surface area (Å²) in [4.78, 5) is 43.9. The van der Waals surface area contributed by atoms with Gasteiger partial charge >= 0.3 is 5.97 Å². The minimum absolute atomic E-state index is 0.0394. The number of pyridine rings is 1. The number of amides is 2. The van der Waals surface area contributed by atoms with Crippen LogP contribution in [0.3, 0.4) is 0 Å². The monoisotopic (exact) mass is 571 g/mol. The van der Waals surface area contributed by atoms with Gasteiger partial charge in [-0.3, -0.25) is 9.59 Å². The van der Waals surface area contributed by atoms with Gasteiger partial charge in [-0.2, -0.15) is 0 Å². The lowest BCUT2D eigenvalue weighted by Crippen LogP contribution is -2.31. The van der Waals surface area contributed by atoms with Gasteiger partial charge in [0.25, 0.3) is 11.8 Å². The Kier molecular flexibility index (Phi) is 8.39. The molecule has 6 N–H and O–H groups in total. The van der Waals surface area contributed by atoms with Gasteiger partial charge < -0.3 is 31.5 Å². The number of hydrogen-bond donors (Lipinski definition) is 5. The Labute approximate surface area is 240 Å². The molecule has 0 saturated heterocycles. The molecule has 0 spiro atoms. The summed E-state index contributed by atoms with van der Waals surface area (Å²) in [7, 11) is 1.76. The Morgan fingerprint density at radius 2 is 1.80 bits per heavy atom. The average Bonchev–Trinajstić information content (AvgIpc) is 3.38. The van der Waals surface area contributed by atoms with E-state index in [0.29, 0.717) is 49.7 Å². The van der Waals surface area contributed by atoms with Crippen molar-refractivity contribution >= 4 is 34.8 Å². The number of nitrogens with one attached hydrogen (secondary N) is 3. The molecule has 1 aliphatic rings. The zero-order chi connectivity index (χ0) is 28.9. The van der Waals surface area contributed by atoms with Gasteiger partial charge in [-0.25, -0.2) is 9.78 Å². The highest BCUT2D eigenvalue weighted by Crippen LogP contribution is 2.43. The molecule has 4 aromatic rings. The fraction of sp³-hybridized carbons (Fsp3) is 0.200. The van der Waals surface area contributed by atoms with E-state index in [2.05, 4.69) is 20.9 Å². The number of anilines is 1. The third kappa shape index (κ3) is 5.97. The summed E-state index contributed by atoms with van der Waals surface area (Å²) in [5.41, 5.74) is 9.43. The molecule has 41 heavy (non-hydrogen) atoms. The Bertz CT molecular complexity index is 1620. The van der Waals surface area contributed by atoms with Gasteiger partial charge in [0, 0.05) is 58.9 Å². The molecule has 0 fully saturated rings. The number of thiophene rings is 1. The molecule has 2 aromatic heterocycles. The summed E-state index contributed by atoms with van der Waals surface area (Å²) < 4.78 is 6.07. The molecule has 0 atom stereocenters. The van der Waals surface area contributed by atoms with Crippen molar-refractivity contribution in [1.82, 2.24) is 15.6 Å². The number of fused-ring (bicyclic) bond motifs is 3. The second-order valence-corrected chi connectivity index (χ2v) is 10.3. The number of ether oxygens (including phenoxy) is 1. The maximum absolute atomic E-state index is 13.8. The van der Waals surface area contributed by atoms with Crippen LogP contribution in [0.2, 0.25) is 0 Å². The predicted octanol–water partition coefficient (Wildman–Crippen LogP) is 3.77. The number of carboxylic acids is 1. The van der Waals surface area contributed by atoms with Crippen LogP contribution in [0.15, 0.2) is 60.0 Å². The number of carbonyl (C=O) groups excluding carboxylic acids is 2. The molecule has 0 unspecified atom stereocenters. The minimum Gasteiger partial charge on any atom is -0.493 e. The van der Waals surface area contributed by atoms with Gasteiger partial charge in [0.2, 0.25) is 0 Å². The molecule has 0 saturated carbocycles. The fourth-order valence-corrected chi connectivity index (χ4v) is 5.58. The molecule has 0 aliphatic carbocycles. The quantitative estimate of drug-likeness (QED) is 0.190. The second-order valence-electron chi connectivity index (χ2n) is 9.38. The zero-order valence-electron chi connectivity index (χ0n) is 22.3. The van der Waals surface area contributed by atoms with E-state index < -0.39 is 17.8 Å². The van der Waals surface area contributed by atoms with E-state index in [1.54, 1.807) is 42.6 Å². The summed E-state index contributed by atoms with van der Waals surface area (Å²) in [5.74, 6) is -1.72. The lowest BCUT2D eigenvalue weighted by atomic mass is 9.93. The van der Waals surface area contributed by atoms with E-state index in [9.17, 15) is 19.5 Å². The number of benzene rings is 2. The van der Waals surface area contributed by atoms with Crippen LogP contribution in [0, 0.1) is 0 Å². The van der Waals surface area contributed by atoms with E-state index in [0.717, 1.165) is 21.6 Å². The molecule has 210 valence electrons. The first-order valence-corrected chi connectivity index (χ1v) is 13.9. The number of nitrogens with zero attached hydrogens (tertiary/aromatic N) is 1. The van der Waals surface area contributed by atoms with Crippen molar-refractivity contribution in [2.45, 2.75) is 13.0 Å². The van der Waals surface area contributed by atoms with Crippen molar-refractivity contribution in [1.29, 1.82) is 0 Å². The summed E-state index contributed by atoms with van der Waals surface area (Å²) in [6, 6.07) is 15.6. The van der Waals surface area contributed by atoms with Crippen LogP contribution in [0.1, 0.15) is 42.5 Å². The molecule has 5 rings (SSSR count). The molecule has 3 heterocycles. The van der Waals surface area contributed by atoms with E-state index >= 15 is 0 Å². The standard InChI is InChI=1S/C30H29N5O5S/c1-32-10-11-33-29(37)24-7-6-20(26(35-24)30(38)39)21-15-25-23(27-18(8-12-40-25)9-13-41-27)14-22(21)28(36)34-19-4-2-17(16-31)3-5-19/h2-7,9,13-15,32H,8,10-12,16,31H2,1H3,(H,33,37)(H,34,36)(H,38,39). The number of rotatable bonds is 9. The van der Waals surface area contributed by atoms with Crippen LogP contribution < -0.4 is 26.4 Å². The van der Waals surface area contributed by atoms with Gasteiger partial charge in [-0.1, -0.05) is 12.1 Å². The lowest BCUT2D eigenvalue weighted by molar-refractivity contribution is 0.0691. The second kappa shape index (κ2) is 12.3. The number of hydrogen-bond acceptors (Lipinski definition) is 8. The fourth-order valence-electron chi connectivity index (χ4n) is 4.61. The van der Waals surface area contributed by atoms with Crippen LogP contribution in [-0.4, -0.2) is 54.6 Å². The average molecular weight is 572 g/mol. The van der Waals surface area contributed by atoms with Gasteiger partial charge in [0.1, 0.15) is 11.4 Å². The summed E-state index contributed by atoms with van der Waals surface area (Å²) >= 11 is 1.55. The SMILES string of the molecule is CNCCNC(=O)c1ccc(-c2cc3c(cc2C(=O)Nc2ccc(CN)cc2)-c2sccc2CCO3)c(C(=O)O)n1. The number of likely N-dealkylation sites (N-methyl/N-ethyl adjacent to an activating group) is 1. The van der Waals surface area contributed by atoms with Crippen LogP contribution in [0.4, 0.5) is 5.69 Å². The normalized spacial score (nSPS) is 12.0. The van der Waals surface area contributed by atoms with Crippen LogP contribution in [-0.2, 0) is 13.0 Å². The summed E-state index contributed by atoms with van der Waals surface area (Å²) in [5, 5.41) is 20.6. The molecular formula is C30H29N5O5S. The van der Waals surface area contributed by atoms with Gasteiger partial charge in [-0.05, 0) is 66.0 Å². The maximum atomic E-state index is 13.8. The van der Waals surface area contributed by atoms with Crippen molar-refractivity contribution in [2.75, 3.05) is 32.1 Å². The van der Waals surface area contributed by atoms with E-state index in [4.69, 9.17) is 10.5 Å². The third-order valence-electron chi connectivity index (χ3n) is 6.71. The highest BCUT2D eigenvalue weighted by atomic mass is 32.1. The Hall–Kier alpha value is -4.58. The van der Waals surface area contributed by atoms with E-state index in [1.165, 1.54) is 12.1 Å². The Balaban J connectivity index is 1.62. The van der Waals surface area contributed by atoms with Crippen molar-refractivity contribution < 1.29 is 24.2 Å². The van der Waals surface area contributed by atoms with Gasteiger partial charge in [0.05, 0.1) is 6.61 Å². The predicted molar refractivity (Wildman–Crippen MR) is 158 cm³/mol. The lowest BCUT2D eigenvalue weighted by Gasteiger charge is -2.17. The number of aromatic carboxylic acids is 1. The highest BCUT2D eigenvalue weighted by Gasteiger charge is 2.26. The van der Waals surface area contributed by atoms with E-state index in [-0.39, 0.29) is 22.5 Å². The highest BCUT2D eigenvalue weighted by molar-refractivity contribution is 7.13. The first kappa shape index (κ1) is 28.0. The molecule has 0 bridgehead atoms. The van der Waals surface area contributed by atoms with Crippen molar-refractivity contribution in [3.05, 3.63) is 88.1 Å². The Morgan fingerprint density at radius 3 is 2.54 bits per heavy atom. The van der Waals surface area contributed by atoms with Crippen LogP contribution in [0.25, 0.3) is 21.6 Å². The molecular weight excluding hydrogens is 542 g/mol. The van der Waals surface area contributed by atoms with Crippen LogP contribution in [0.5, 0.6) is 5.75 Å². The molecule has 1 aliphatic heterocycles. The number of carboxylic acid groups (broad SMARTS) is 1. The molecule has 11 heteroatoms. The van der Waals surface area contributed by atoms with Crippen LogP contribution >= 0.6 is 11.3 Å². The third-order valence-corrected chi connectivity index (χ3v) is 7.70. The largest absolute Gasteiger partial charge is 0.493 e. The smallest absolute Gasteiger partial charge is 0.355 e. The number of aromatic nitrogens is 1. The van der Waals surface area contributed by atoms with Gasteiger partial charge in [0.15, 0.2) is 5.69 Å². The zero-order valence-corrected chi connectivity index (χ0v) is 23.1. The summed E-state index contributed by atoms with van der Waals surface area (Å²) in [6.07, 6.45) is 0.706. The molecule has 10 nitrogen and oxygen atoms in total. The van der Waals surface area contributed by atoms with Gasteiger partial charge in [-0.15, -0.1) is 11.3 Å². The van der Waals surface area contributed by atoms with Crippen molar-refractivity contribution in [2.24, 2.45) is 5.73 Å². The first-order chi connectivity index (χ1) is 19.9. The maximum Gasteiger partial charge on any atom is 0.355 e. The van der Waals surface area contributed by atoms with E-state index in [1.807, 2.05) is 23.6 Å². The molecule has 2 amide bonds. The minimum atomic E-state index is -1.33. The molecule has 2 aromatic carbocycles. The summed E-state index contributed by atoms with van der Waals surface area (Å²) in [6.45, 7) is 1.71. The number of carbonyl (C=O) groups is 3.